The lowest BCUT2D eigenvalue weighted by atomic mass is 9.74. The van der Waals surface area contributed by atoms with Gasteiger partial charge in [0.15, 0.2) is 0 Å². The van der Waals surface area contributed by atoms with Crippen LogP contribution >= 0.6 is 0 Å². The first-order valence-electron chi connectivity index (χ1n) is 10.1. The first-order chi connectivity index (χ1) is 14.5. The second-order valence-corrected chi connectivity index (χ2v) is 9.55. The second kappa shape index (κ2) is 8.31. The van der Waals surface area contributed by atoms with Crippen molar-refractivity contribution in [3.05, 3.63) is 71.6 Å². The van der Waals surface area contributed by atoms with Crippen molar-refractivity contribution in [2.75, 3.05) is 6.61 Å². The smallest absolute Gasteiger partial charge is 0.244 e. The number of sulfonamides is 1. The van der Waals surface area contributed by atoms with E-state index in [1.54, 1.807) is 0 Å². The highest BCUT2D eigenvalue weighted by Gasteiger charge is 2.55. The first-order valence-corrected chi connectivity index (χ1v) is 11.5. The van der Waals surface area contributed by atoms with Crippen LogP contribution in [0.25, 0.3) is 5.57 Å². The van der Waals surface area contributed by atoms with Gasteiger partial charge in [-0.05, 0) is 60.6 Å². The molecule has 1 aliphatic carbocycles. The Morgan fingerprint density at radius 1 is 1.17 bits per heavy atom. The lowest BCUT2D eigenvalue weighted by molar-refractivity contribution is 0.0555. The van der Waals surface area contributed by atoms with E-state index in [4.69, 9.17) is 0 Å². The molecule has 0 radical (unpaired) electrons. The van der Waals surface area contributed by atoms with Gasteiger partial charge in [-0.25, -0.2) is 12.8 Å². The van der Waals surface area contributed by atoms with Crippen LogP contribution in [-0.2, 0) is 10.0 Å². The van der Waals surface area contributed by atoms with E-state index in [1.165, 1.54) is 17.7 Å². The summed E-state index contributed by atoms with van der Waals surface area (Å²) in [6.07, 6.45) is 6.39. The number of aliphatic hydroxyl groups excluding tert-OH is 1. The summed E-state index contributed by atoms with van der Waals surface area (Å²) in [6, 6.07) is 12.8. The van der Waals surface area contributed by atoms with Crippen LogP contribution in [0, 0.1) is 17.1 Å². The molecule has 156 valence electrons. The summed E-state index contributed by atoms with van der Waals surface area (Å²) in [5.74, 6) is -1.13. The minimum absolute atomic E-state index is 0.220. The first kappa shape index (κ1) is 20.7. The zero-order chi connectivity index (χ0) is 21.3. The van der Waals surface area contributed by atoms with Gasteiger partial charge in [0, 0.05) is 5.92 Å². The Morgan fingerprint density at radius 3 is 2.63 bits per heavy atom. The van der Waals surface area contributed by atoms with E-state index in [9.17, 15) is 23.2 Å². The number of nitrogens with zero attached hydrogens (tertiary/aromatic N) is 2. The molecule has 7 heteroatoms. The number of aliphatic hydroxyl groups is 1. The molecule has 5 nitrogen and oxygen atoms in total. The molecule has 1 N–H and O–H groups in total. The molecule has 0 bridgehead atoms. The Morgan fingerprint density at radius 2 is 1.97 bits per heavy atom. The van der Waals surface area contributed by atoms with E-state index in [-0.39, 0.29) is 4.90 Å². The number of nitriles is 1. The highest BCUT2D eigenvalue weighted by Crippen LogP contribution is 2.46. The maximum absolute atomic E-state index is 13.6. The molecule has 1 heterocycles. The largest absolute Gasteiger partial charge is 0.395 e. The van der Waals surface area contributed by atoms with Crippen LogP contribution in [0.1, 0.15) is 42.7 Å². The van der Waals surface area contributed by atoms with Gasteiger partial charge in [-0.3, -0.25) is 0 Å². The molecule has 0 spiro atoms. The summed E-state index contributed by atoms with van der Waals surface area (Å²) in [5.41, 5.74) is 3.10. The Kier molecular flexibility index (Phi) is 5.74. The van der Waals surface area contributed by atoms with Gasteiger partial charge < -0.3 is 5.11 Å². The SMILES string of the molecule is N#C[C@H]1[C@@H](c2ccccc2C2=CCCCC2)[C@@H](CO)N1S(=O)(=O)c1cccc(F)c1. The number of halogens is 1. The Bertz CT molecular complexity index is 1120. The molecule has 0 unspecified atom stereocenters. The standard InChI is InChI=1S/C23H23FN2O3S/c24-17-9-6-10-18(13-17)30(28,29)26-21(14-25)23(22(26)15-27)20-12-5-4-11-19(20)16-7-2-1-3-8-16/h4-7,9-13,21-23,27H,1-3,8,15H2/t21-,22+,23+/m0/s1. The molecule has 0 amide bonds. The zero-order valence-corrected chi connectivity index (χ0v) is 17.2. The van der Waals surface area contributed by atoms with Crippen LogP contribution in [0.5, 0.6) is 0 Å². The molecule has 2 aromatic rings. The van der Waals surface area contributed by atoms with E-state index < -0.39 is 40.4 Å². The average Bonchev–Trinajstić information content (AvgIpc) is 2.74. The normalized spacial score (nSPS) is 24.6. The number of allylic oxidation sites excluding steroid dienone is 2. The molecule has 30 heavy (non-hydrogen) atoms. The van der Waals surface area contributed by atoms with Gasteiger partial charge in [0.1, 0.15) is 11.9 Å². The highest BCUT2D eigenvalue weighted by atomic mass is 32.2. The summed E-state index contributed by atoms with van der Waals surface area (Å²) in [7, 11) is -4.13. The fraction of sp³-hybridized carbons (Fsp3) is 0.348. The van der Waals surface area contributed by atoms with Crippen LogP contribution in [0.4, 0.5) is 4.39 Å². The van der Waals surface area contributed by atoms with E-state index in [2.05, 4.69) is 12.1 Å². The van der Waals surface area contributed by atoms with E-state index in [0.717, 1.165) is 53.2 Å². The lowest BCUT2D eigenvalue weighted by Gasteiger charge is -2.50. The molecular weight excluding hydrogens is 403 g/mol. The van der Waals surface area contributed by atoms with Crippen LogP contribution in [0.3, 0.4) is 0 Å². The van der Waals surface area contributed by atoms with Gasteiger partial charge in [-0.15, -0.1) is 0 Å². The minimum Gasteiger partial charge on any atom is -0.395 e. The molecule has 1 aliphatic heterocycles. The minimum atomic E-state index is -4.13. The monoisotopic (exact) mass is 426 g/mol. The third-order valence-corrected chi connectivity index (χ3v) is 7.91. The molecule has 0 aromatic heterocycles. The van der Waals surface area contributed by atoms with Crippen molar-refractivity contribution in [3.63, 3.8) is 0 Å². The number of hydrogen-bond donors (Lipinski definition) is 1. The van der Waals surface area contributed by atoms with E-state index in [1.807, 2.05) is 24.3 Å². The molecule has 4 rings (SSSR count). The van der Waals surface area contributed by atoms with Crippen LogP contribution < -0.4 is 0 Å². The molecule has 0 saturated carbocycles. The topological polar surface area (TPSA) is 81.4 Å². The third kappa shape index (κ3) is 3.45. The summed E-state index contributed by atoms with van der Waals surface area (Å²) >= 11 is 0. The number of hydrogen-bond acceptors (Lipinski definition) is 4. The van der Waals surface area contributed by atoms with Gasteiger partial charge in [-0.1, -0.05) is 36.4 Å². The summed E-state index contributed by atoms with van der Waals surface area (Å²) in [4.78, 5) is -0.220. The van der Waals surface area contributed by atoms with Crippen molar-refractivity contribution in [3.8, 4) is 6.07 Å². The quantitative estimate of drug-likeness (QED) is 0.788. The van der Waals surface area contributed by atoms with Crippen molar-refractivity contribution < 1.29 is 17.9 Å². The van der Waals surface area contributed by atoms with Crippen LogP contribution in [0.2, 0.25) is 0 Å². The second-order valence-electron chi connectivity index (χ2n) is 7.70. The van der Waals surface area contributed by atoms with Crippen LogP contribution in [-0.4, -0.2) is 36.5 Å². The maximum atomic E-state index is 13.6. The Labute approximate surface area is 176 Å². The van der Waals surface area contributed by atoms with Crippen molar-refractivity contribution >= 4 is 15.6 Å². The zero-order valence-electron chi connectivity index (χ0n) is 16.4. The number of rotatable bonds is 5. The number of benzene rings is 2. The van der Waals surface area contributed by atoms with Gasteiger partial charge in [0.05, 0.1) is 23.6 Å². The molecule has 1 fully saturated rings. The fourth-order valence-electron chi connectivity index (χ4n) is 4.58. The highest BCUT2D eigenvalue weighted by molar-refractivity contribution is 7.89. The molecule has 2 aliphatic rings. The Hall–Kier alpha value is -2.53. The van der Waals surface area contributed by atoms with Gasteiger partial charge in [-0.2, -0.15) is 9.57 Å². The predicted molar refractivity (Wildman–Crippen MR) is 111 cm³/mol. The van der Waals surface area contributed by atoms with Crippen molar-refractivity contribution in [2.45, 2.75) is 48.6 Å². The van der Waals surface area contributed by atoms with E-state index in [0.29, 0.717) is 0 Å². The van der Waals surface area contributed by atoms with Gasteiger partial charge >= 0.3 is 0 Å². The van der Waals surface area contributed by atoms with E-state index >= 15 is 0 Å². The Balaban J connectivity index is 1.74. The van der Waals surface area contributed by atoms with Crippen molar-refractivity contribution in [1.82, 2.24) is 4.31 Å². The third-order valence-electron chi connectivity index (χ3n) is 6.00. The average molecular weight is 427 g/mol. The lowest BCUT2D eigenvalue weighted by Crippen LogP contribution is -2.65. The molecule has 1 saturated heterocycles. The molecule has 2 aromatic carbocycles. The van der Waals surface area contributed by atoms with Gasteiger partial charge in [0.2, 0.25) is 10.0 Å². The van der Waals surface area contributed by atoms with Crippen molar-refractivity contribution in [2.24, 2.45) is 0 Å². The molecular formula is C23H23FN2O3S. The summed E-state index contributed by atoms with van der Waals surface area (Å²) < 4.78 is 41.0. The summed E-state index contributed by atoms with van der Waals surface area (Å²) in [5, 5.41) is 19.9. The fourth-order valence-corrected chi connectivity index (χ4v) is 6.37. The molecule has 3 atom stereocenters. The van der Waals surface area contributed by atoms with Gasteiger partial charge in [0.25, 0.3) is 0 Å². The van der Waals surface area contributed by atoms with Crippen molar-refractivity contribution in [1.29, 1.82) is 5.26 Å². The summed E-state index contributed by atoms with van der Waals surface area (Å²) in [6.45, 7) is -0.426. The predicted octanol–water partition coefficient (Wildman–Crippen LogP) is 3.82. The maximum Gasteiger partial charge on any atom is 0.244 e. The van der Waals surface area contributed by atoms with Crippen LogP contribution in [0.15, 0.2) is 59.5 Å².